The lowest BCUT2D eigenvalue weighted by atomic mass is 10.0. The molecule has 0 aliphatic heterocycles. The Morgan fingerprint density at radius 3 is 1.75 bits per heavy atom. The zero-order valence-corrected chi connectivity index (χ0v) is 25.1. The minimum atomic E-state index is 0.892. The molecular formula is C40H23NOS2. The molecule has 0 atom stereocenters. The summed E-state index contributed by atoms with van der Waals surface area (Å²) in [6, 6.07) is 50.7. The van der Waals surface area contributed by atoms with E-state index in [1.54, 1.807) is 0 Å². The molecule has 0 fully saturated rings. The summed E-state index contributed by atoms with van der Waals surface area (Å²) < 4.78 is 11.6. The third-order valence-corrected chi connectivity index (χ3v) is 11.1. The lowest BCUT2D eigenvalue weighted by Gasteiger charge is -2.26. The van der Waals surface area contributed by atoms with E-state index in [1.165, 1.54) is 51.1 Å². The van der Waals surface area contributed by atoms with Crippen molar-refractivity contribution in [3.63, 3.8) is 0 Å². The Labute approximate surface area is 260 Å². The highest BCUT2D eigenvalue weighted by atomic mass is 32.1. The number of rotatable bonds is 3. The minimum absolute atomic E-state index is 0.892. The molecule has 0 bridgehead atoms. The lowest BCUT2D eigenvalue weighted by Crippen LogP contribution is -2.09. The fourth-order valence-electron chi connectivity index (χ4n) is 6.75. The van der Waals surface area contributed by atoms with Crippen molar-refractivity contribution in [1.82, 2.24) is 0 Å². The Hall–Kier alpha value is -5.16. The second-order valence-electron chi connectivity index (χ2n) is 11.4. The molecule has 0 aliphatic carbocycles. The van der Waals surface area contributed by atoms with E-state index in [0.717, 1.165) is 39.0 Å². The van der Waals surface area contributed by atoms with Crippen LogP contribution in [0.4, 0.5) is 17.1 Å². The fourth-order valence-corrected chi connectivity index (χ4v) is 9.02. The second-order valence-corrected chi connectivity index (χ2v) is 13.5. The Morgan fingerprint density at radius 1 is 0.364 bits per heavy atom. The standard InChI is InChI=1S/C40H23NOS2/c1-4-10-35-29(7-1)30-17-15-27(22-36(30)42-35)41(28-16-18-33-31-8-2-5-11-37(31)44-40(33)23-28)26-14-13-24-21-39-34(20-25(24)19-26)32-9-3-6-12-38(32)43-39/h1-23H. The van der Waals surface area contributed by atoms with Gasteiger partial charge in [0, 0.05) is 74.2 Å². The molecular weight excluding hydrogens is 575 g/mol. The van der Waals surface area contributed by atoms with Gasteiger partial charge in [0.25, 0.3) is 0 Å². The van der Waals surface area contributed by atoms with Crippen LogP contribution < -0.4 is 4.90 Å². The third-order valence-electron chi connectivity index (χ3n) is 8.82. The molecule has 3 heterocycles. The van der Waals surface area contributed by atoms with E-state index in [1.807, 2.05) is 34.8 Å². The lowest BCUT2D eigenvalue weighted by molar-refractivity contribution is 0.669. The molecule has 206 valence electrons. The van der Waals surface area contributed by atoms with Crippen molar-refractivity contribution in [2.75, 3.05) is 4.90 Å². The number of para-hydroxylation sites is 1. The van der Waals surface area contributed by atoms with Crippen molar-refractivity contribution >= 4 is 113 Å². The first kappa shape index (κ1) is 24.3. The highest BCUT2D eigenvalue weighted by Crippen LogP contribution is 2.43. The number of anilines is 3. The summed E-state index contributed by atoms with van der Waals surface area (Å²) >= 11 is 3.72. The highest BCUT2D eigenvalue weighted by Gasteiger charge is 2.18. The van der Waals surface area contributed by atoms with Crippen LogP contribution in [-0.4, -0.2) is 0 Å². The molecule has 44 heavy (non-hydrogen) atoms. The summed E-state index contributed by atoms with van der Waals surface area (Å²) in [5, 5.41) is 10.0. The summed E-state index contributed by atoms with van der Waals surface area (Å²) in [5.41, 5.74) is 5.12. The Bertz CT molecular complexity index is 2630. The van der Waals surface area contributed by atoms with Gasteiger partial charge in [-0.1, -0.05) is 66.7 Å². The van der Waals surface area contributed by atoms with Gasteiger partial charge in [0.1, 0.15) is 11.2 Å². The van der Waals surface area contributed by atoms with E-state index < -0.39 is 0 Å². The van der Waals surface area contributed by atoms with Crippen molar-refractivity contribution < 1.29 is 4.42 Å². The van der Waals surface area contributed by atoms with Crippen LogP contribution in [0.25, 0.3) is 73.1 Å². The molecule has 2 nitrogen and oxygen atoms in total. The van der Waals surface area contributed by atoms with Gasteiger partial charge in [-0.25, -0.2) is 0 Å². The highest BCUT2D eigenvalue weighted by molar-refractivity contribution is 7.26. The molecule has 0 saturated heterocycles. The van der Waals surface area contributed by atoms with Gasteiger partial charge < -0.3 is 9.32 Å². The van der Waals surface area contributed by atoms with Crippen LogP contribution in [0.1, 0.15) is 0 Å². The van der Waals surface area contributed by atoms with Crippen molar-refractivity contribution in [1.29, 1.82) is 0 Å². The van der Waals surface area contributed by atoms with Gasteiger partial charge in [0.05, 0.1) is 0 Å². The van der Waals surface area contributed by atoms with Gasteiger partial charge in [0.15, 0.2) is 0 Å². The molecule has 7 aromatic carbocycles. The van der Waals surface area contributed by atoms with Crippen molar-refractivity contribution in [3.8, 4) is 0 Å². The fraction of sp³-hybridized carbons (Fsp3) is 0. The number of hydrogen-bond donors (Lipinski definition) is 0. The SMILES string of the molecule is c1ccc2c(c1)oc1cc(N(c3ccc4cc5sc6ccccc6c5cc4c3)c3ccc4c(c3)sc3ccccc34)ccc12. The van der Waals surface area contributed by atoms with Crippen molar-refractivity contribution in [3.05, 3.63) is 140 Å². The Morgan fingerprint density at radius 2 is 0.932 bits per heavy atom. The van der Waals surface area contributed by atoms with Crippen molar-refractivity contribution in [2.45, 2.75) is 0 Å². The number of fused-ring (bicyclic) bond motifs is 10. The summed E-state index contributed by atoms with van der Waals surface area (Å²) in [7, 11) is 0. The number of furan rings is 1. The largest absolute Gasteiger partial charge is 0.456 e. The zero-order valence-electron chi connectivity index (χ0n) is 23.5. The molecule has 0 N–H and O–H groups in total. The second kappa shape index (κ2) is 9.17. The van der Waals surface area contributed by atoms with Crippen LogP contribution in [0.15, 0.2) is 144 Å². The predicted molar refractivity (Wildman–Crippen MR) is 192 cm³/mol. The van der Waals surface area contributed by atoms with Gasteiger partial charge in [-0.15, -0.1) is 22.7 Å². The topological polar surface area (TPSA) is 16.4 Å². The number of thiophene rings is 2. The van der Waals surface area contributed by atoms with Crippen molar-refractivity contribution in [2.24, 2.45) is 0 Å². The van der Waals surface area contributed by atoms with Crippen LogP contribution in [0.5, 0.6) is 0 Å². The van der Waals surface area contributed by atoms with Gasteiger partial charge in [-0.05, 0) is 77.5 Å². The Balaban J connectivity index is 1.21. The van der Waals surface area contributed by atoms with E-state index in [9.17, 15) is 0 Å². The molecule has 3 aromatic heterocycles. The van der Waals surface area contributed by atoms with E-state index >= 15 is 0 Å². The molecule has 0 amide bonds. The van der Waals surface area contributed by atoms with Gasteiger partial charge in [0.2, 0.25) is 0 Å². The molecule has 0 saturated carbocycles. The van der Waals surface area contributed by atoms with Crippen LogP contribution in [-0.2, 0) is 0 Å². The first-order chi connectivity index (χ1) is 21.8. The average molecular weight is 598 g/mol. The number of benzene rings is 7. The number of nitrogens with zero attached hydrogens (tertiary/aromatic N) is 1. The van der Waals surface area contributed by atoms with Gasteiger partial charge in [-0.2, -0.15) is 0 Å². The average Bonchev–Trinajstić information content (AvgIpc) is 3.74. The van der Waals surface area contributed by atoms with Crippen LogP contribution in [0, 0.1) is 0 Å². The van der Waals surface area contributed by atoms with Crippen LogP contribution >= 0.6 is 22.7 Å². The molecule has 10 rings (SSSR count). The predicted octanol–water partition coefficient (Wildman–Crippen LogP) is 12.9. The molecule has 0 spiro atoms. The normalized spacial score (nSPS) is 12.1. The first-order valence-corrected chi connectivity index (χ1v) is 16.4. The van der Waals surface area contributed by atoms with Crippen LogP contribution in [0.3, 0.4) is 0 Å². The minimum Gasteiger partial charge on any atom is -0.456 e. The van der Waals surface area contributed by atoms with Gasteiger partial charge in [-0.3, -0.25) is 0 Å². The van der Waals surface area contributed by atoms with Crippen LogP contribution in [0.2, 0.25) is 0 Å². The van der Waals surface area contributed by atoms with E-state index in [2.05, 4.69) is 132 Å². The maximum absolute atomic E-state index is 6.35. The Kier molecular flexibility index (Phi) is 5.06. The maximum atomic E-state index is 6.35. The molecule has 4 heteroatoms. The molecule has 0 aliphatic rings. The molecule has 0 unspecified atom stereocenters. The van der Waals surface area contributed by atoms with E-state index in [4.69, 9.17) is 4.42 Å². The summed E-state index contributed by atoms with van der Waals surface area (Å²) in [6.45, 7) is 0. The smallest absolute Gasteiger partial charge is 0.137 e. The van der Waals surface area contributed by atoms with E-state index in [-0.39, 0.29) is 0 Å². The third kappa shape index (κ3) is 3.59. The monoisotopic (exact) mass is 597 g/mol. The summed E-state index contributed by atoms with van der Waals surface area (Å²) in [5.74, 6) is 0. The zero-order chi connectivity index (χ0) is 28.8. The van der Waals surface area contributed by atoms with Gasteiger partial charge >= 0.3 is 0 Å². The molecule has 10 aromatic rings. The molecule has 0 radical (unpaired) electrons. The summed E-state index contributed by atoms with van der Waals surface area (Å²) in [4.78, 5) is 2.37. The van der Waals surface area contributed by atoms with E-state index in [0.29, 0.717) is 0 Å². The maximum Gasteiger partial charge on any atom is 0.137 e. The summed E-state index contributed by atoms with van der Waals surface area (Å²) in [6.07, 6.45) is 0. The first-order valence-electron chi connectivity index (χ1n) is 14.7. The quantitative estimate of drug-likeness (QED) is 0.201. The number of hydrogen-bond acceptors (Lipinski definition) is 4.